The van der Waals surface area contributed by atoms with Crippen LogP contribution < -0.4 is 10.2 Å². The Morgan fingerprint density at radius 3 is 2.62 bits per heavy atom. The molecule has 0 bridgehead atoms. The predicted molar refractivity (Wildman–Crippen MR) is 124 cm³/mol. The van der Waals surface area contributed by atoms with E-state index in [4.69, 9.17) is 4.98 Å². The highest BCUT2D eigenvalue weighted by molar-refractivity contribution is 7.18. The lowest BCUT2D eigenvalue weighted by Crippen LogP contribution is -2.39. The van der Waals surface area contributed by atoms with Gasteiger partial charge in [0.1, 0.15) is 5.01 Å². The molecule has 0 spiro atoms. The van der Waals surface area contributed by atoms with Gasteiger partial charge in [-0.3, -0.25) is 14.4 Å². The molecular formula is C24H24N4O3S. The molecule has 3 aromatic rings. The van der Waals surface area contributed by atoms with Crippen molar-refractivity contribution in [1.82, 2.24) is 15.2 Å². The van der Waals surface area contributed by atoms with Crippen molar-refractivity contribution in [3.8, 4) is 0 Å². The third kappa shape index (κ3) is 3.98. The van der Waals surface area contributed by atoms with Gasteiger partial charge < -0.3 is 15.1 Å². The van der Waals surface area contributed by atoms with Gasteiger partial charge in [-0.15, -0.1) is 11.3 Å². The van der Waals surface area contributed by atoms with Gasteiger partial charge in [-0.05, 0) is 55.7 Å². The van der Waals surface area contributed by atoms with Gasteiger partial charge in [0.2, 0.25) is 11.8 Å². The molecule has 2 saturated heterocycles. The molecule has 0 aliphatic carbocycles. The van der Waals surface area contributed by atoms with Crippen LogP contribution in [0.15, 0.2) is 48.5 Å². The minimum Gasteiger partial charge on any atom is -0.343 e. The maximum Gasteiger partial charge on any atom is 0.251 e. The summed E-state index contributed by atoms with van der Waals surface area (Å²) in [6.07, 6.45) is 3.24. The van der Waals surface area contributed by atoms with Crippen molar-refractivity contribution in [3.05, 3.63) is 59.1 Å². The van der Waals surface area contributed by atoms with Crippen LogP contribution in [0.25, 0.3) is 10.2 Å². The molecule has 32 heavy (non-hydrogen) atoms. The van der Waals surface area contributed by atoms with Crippen LogP contribution in [0.5, 0.6) is 0 Å². The summed E-state index contributed by atoms with van der Waals surface area (Å²) in [5.41, 5.74) is 2.23. The van der Waals surface area contributed by atoms with E-state index in [9.17, 15) is 14.4 Å². The van der Waals surface area contributed by atoms with Crippen molar-refractivity contribution in [2.45, 2.75) is 31.7 Å². The summed E-state index contributed by atoms with van der Waals surface area (Å²) >= 11 is 1.63. The van der Waals surface area contributed by atoms with Gasteiger partial charge in [0.25, 0.3) is 5.91 Å². The van der Waals surface area contributed by atoms with Crippen molar-refractivity contribution in [1.29, 1.82) is 0 Å². The molecule has 2 aliphatic rings. The molecule has 8 heteroatoms. The average Bonchev–Trinajstić information content (AvgIpc) is 3.56. The van der Waals surface area contributed by atoms with E-state index in [1.165, 1.54) is 0 Å². The fourth-order valence-electron chi connectivity index (χ4n) is 4.43. The SMILES string of the molecule is O=C(NCC(=O)N1CCCC1c1nc2ccccc2s1)c1ccc(N2CCCC2=O)cc1. The summed E-state index contributed by atoms with van der Waals surface area (Å²) in [6.45, 7) is 1.34. The Hall–Kier alpha value is -3.26. The molecule has 2 fully saturated rings. The van der Waals surface area contributed by atoms with Gasteiger partial charge >= 0.3 is 0 Å². The molecule has 2 aromatic carbocycles. The van der Waals surface area contributed by atoms with Crippen LogP contribution in [0, 0.1) is 0 Å². The minimum absolute atomic E-state index is 0.0333. The summed E-state index contributed by atoms with van der Waals surface area (Å²) in [6, 6.07) is 14.9. The zero-order valence-electron chi connectivity index (χ0n) is 17.6. The van der Waals surface area contributed by atoms with E-state index >= 15 is 0 Å². The number of hydrogen-bond acceptors (Lipinski definition) is 5. The number of carbonyl (C=O) groups excluding carboxylic acids is 3. The first-order chi connectivity index (χ1) is 15.6. The number of carbonyl (C=O) groups is 3. The minimum atomic E-state index is -0.298. The highest BCUT2D eigenvalue weighted by Gasteiger charge is 2.32. The number of hydrogen-bond donors (Lipinski definition) is 1. The van der Waals surface area contributed by atoms with Gasteiger partial charge in [-0.2, -0.15) is 0 Å². The van der Waals surface area contributed by atoms with Crippen LogP contribution in [-0.4, -0.2) is 47.2 Å². The lowest BCUT2D eigenvalue weighted by atomic mass is 10.2. The van der Waals surface area contributed by atoms with E-state index in [-0.39, 0.29) is 30.3 Å². The number of likely N-dealkylation sites (tertiary alicyclic amines) is 1. The van der Waals surface area contributed by atoms with E-state index in [0.29, 0.717) is 25.1 Å². The van der Waals surface area contributed by atoms with E-state index in [0.717, 1.165) is 40.2 Å². The molecule has 164 valence electrons. The van der Waals surface area contributed by atoms with Crippen LogP contribution in [0.3, 0.4) is 0 Å². The number of aromatic nitrogens is 1. The van der Waals surface area contributed by atoms with E-state index in [2.05, 4.69) is 5.32 Å². The van der Waals surface area contributed by atoms with Crippen LogP contribution in [0.2, 0.25) is 0 Å². The van der Waals surface area contributed by atoms with Crippen molar-refractivity contribution in [3.63, 3.8) is 0 Å². The van der Waals surface area contributed by atoms with Gasteiger partial charge in [0.05, 0.1) is 22.8 Å². The highest BCUT2D eigenvalue weighted by atomic mass is 32.1. The van der Waals surface area contributed by atoms with E-state index < -0.39 is 0 Å². The maximum absolute atomic E-state index is 12.9. The zero-order chi connectivity index (χ0) is 22.1. The molecule has 3 amide bonds. The topological polar surface area (TPSA) is 82.6 Å². The summed E-state index contributed by atoms with van der Waals surface area (Å²) in [4.78, 5) is 45.6. The number of benzene rings is 2. The third-order valence-electron chi connectivity index (χ3n) is 6.08. The second-order valence-corrected chi connectivity index (χ2v) is 9.21. The van der Waals surface area contributed by atoms with Crippen LogP contribution in [0.1, 0.15) is 47.1 Å². The fraction of sp³-hybridized carbons (Fsp3) is 0.333. The van der Waals surface area contributed by atoms with Crippen molar-refractivity contribution in [2.24, 2.45) is 0 Å². The van der Waals surface area contributed by atoms with Crippen molar-refractivity contribution in [2.75, 3.05) is 24.5 Å². The zero-order valence-corrected chi connectivity index (χ0v) is 18.4. The largest absolute Gasteiger partial charge is 0.343 e. The second-order valence-electron chi connectivity index (χ2n) is 8.14. The smallest absolute Gasteiger partial charge is 0.251 e. The lowest BCUT2D eigenvalue weighted by Gasteiger charge is -2.23. The Bertz CT molecular complexity index is 1140. The molecule has 1 aromatic heterocycles. The quantitative estimate of drug-likeness (QED) is 0.648. The Balaban J connectivity index is 1.21. The first-order valence-electron chi connectivity index (χ1n) is 10.9. The number of amides is 3. The molecule has 1 unspecified atom stereocenters. The third-order valence-corrected chi connectivity index (χ3v) is 7.22. The fourth-order valence-corrected chi connectivity index (χ4v) is 5.54. The summed E-state index contributed by atoms with van der Waals surface area (Å²) in [5, 5.41) is 3.70. The maximum atomic E-state index is 12.9. The first kappa shape index (κ1) is 20.6. The molecule has 3 heterocycles. The molecule has 1 atom stereocenters. The van der Waals surface area contributed by atoms with Crippen molar-refractivity contribution < 1.29 is 14.4 Å². The first-order valence-corrected chi connectivity index (χ1v) is 11.8. The Morgan fingerprint density at radius 2 is 1.88 bits per heavy atom. The number of nitrogens with one attached hydrogen (secondary N) is 1. The molecule has 0 radical (unpaired) electrons. The molecule has 0 saturated carbocycles. The standard InChI is InChI=1S/C24H24N4O3S/c29-21-8-4-13-27(21)17-11-9-16(10-12-17)23(31)25-15-22(30)28-14-3-6-19(28)24-26-18-5-1-2-7-20(18)32-24/h1-2,5,7,9-12,19H,3-4,6,8,13-15H2,(H,25,31). The van der Waals surface area contributed by atoms with Gasteiger partial charge in [0, 0.05) is 30.8 Å². The molecule has 7 nitrogen and oxygen atoms in total. The number of thiazole rings is 1. The van der Waals surface area contributed by atoms with E-state index in [1.54, 1.807) is 40.5 Å². The van der Waals surface area contributed by atoms with E-state index in [1.807, 2.05) is 29.2 Å². The highest BCUT2D eigenvalue weighted by Crippen LogP contribution is 2.36. The second kappa shape index (κ2) is 8.70. The van der Waals surface area contributed by atoms with Crippen molar-refractivity contribution >= 4 is 45.0 Å². The number of nitrogens with zero attached hydrogens (tertiary/aromatic N) is 3. The van der Waals surface area contributed by atoms with Gasteiger partial charge in [-0.1, -0.05) is 12.1 Å². The Kier molecular flexibility index (Phi) is 5.61. The molecule has 2 aliphatic heterocycles. The Labute approximate surface area is 190 Å². The van der Waals surface area contributed by atoms with Crippen LogP contribution in [-0.2, 0) is 9.59 Å². The average molecular weight is 449 g/mol. The van der Waals surface area contributed by atoms with Gasteiger partial charge in [0.15, 0.2) is 0 Å². The number of para-hydroxylation sites is 1. The predicted octanol–water partition coefficient (Wildman–Crippen LogP) is 3.52. The molecule has 1 N–H and O–H groups in total. The normalized spacial score (nSPS) is 18.5. The summed E-state index contributed by atoms with van der Waals surface area (Å²) in [7, 11) is 0. The number of anilines is 1. The van der Waals surface area contributed by atoms with Crippen LogP contribution >= 0.6 is 11.3 Å². The molecular weight excluding hydrogens is 424 g/mol. The molecule has 5 rings (SSSR count). The van der Waals surface area contributed by atoms with Crippen LogP contribution in [0.4, 0.5) is 5.69 Å². The van der Waals surface area contributed by atoms with Gasteiger partial charge in [-0.25, -0.2) is 4.98 Å². The Morgan fingerprint density at radius 1 is 1.06 bits per heavy atom. The number of fused-ring (bicyclic) bond motifs is 1. The monoisotopic (exact) mass is 448 g/mol. The summed E-state index contributed by atoms with van der Waals surface area (Å²) in [5.74, 6) is -0.283. The summed E-state index contributed by atoms with van der Waals surface area (Å²) < 4.78 is 1.12. The lowest BCUT2D eigenvalue weighted by molar-refractivity contribution is -0.131. The number of rotatable bonds is 5.